The van der Waals surface area contributed by atoms with Crippen molar-refractivity contribution in [3.8, 4) is 0 Å². The Morgan fingerprint density at radius 1 is 1.28 bits per heavy atom. The van der Waals surface area contributed by atoms with Crippen LogP contribution in [0.5, 0.6) is 0 Å². The fourth-order valence-electron chi connectivity index (χ4n) is 2.30. The number of nitrogens with two attached hydrogens (primary N) is 1. The molecule has 0 radical (unpaired) electrons. The zero-order chi connectivity index (χ0) is 13.1. The van der Waals surface area contributed by atoms with Crippen LogP contribution in [0.1, 0.15) is 29.0 Å². The van der Waals surface area contributed by atoms with Crippen LogP contribution in [0.15, 0.2) is 35.7 Å². The minimum atomic E-state index is 0.372. The van der Waals surface area contributed by atoms with Crippen LogP contribution in [-0.2, 0) is 6.54 Å². The summed E-state index contributed by atoms with van der Waals surface area (Å²) in [5, 5.41) is 2.13. The molecule has 1 heterocycles. The van der Waals surface area contributed by atoms with Crippen molar-refractivity contribution in [1.82, 2.24) is 0 Å². The minimum Gasteiger partial charge on any atom is -0.367 e. The summed E-state index contributed by atoms with van der Waals surface area (Å²) in [6.45, 7) is 4.96. The highest BCUT2D eigenvalue weighted by molar-refractivity contribution is 7.10. The van der Waals surface area contributed by atoms with E-state index in [1.807, 2.05) is 0 Å². The summed E-state index contributed by atoms with van der Waals surface area (Å²) in [5.41, 5.74) is 9.61. The van der Waals surface area contributed by atoms with Gasteiger partial charge in [0.15, 0.2) is 0 Å². The maximum absolute atomic E-state index is 5.85. The molecule has 0 bridgehead atoms. The first-order chi connectivity index (χ1) is 8.65. The molecule has 18 heavy (non-hydrogen) atoms. The standard InChI is InChI=1S/C15H20N2S/c1-11-6-4-7-13(10-16)15(11)17(3)12(2)14-8-5-9-18-14/h4-9,12H,10,16H2,1-3H3. The van der Waals surface area contributed by atoms with Gasteiger partial charge >= 0.3 is 0 Å². The molecule has 0 aliphatic rings. The molecule has 2 nitrogen and oxygen atoms in total. The molecule has 0 saturated carbocycles. The number of anilines is 1. The van der Waals surface area contributed by atoms with Gasteiger partial charge in [0.1, 0.15) is 0 Å². The molecule has 0 saturated heterocycles. The van der Waals surface area contributed by atoms with Gasteiger partial charge in [-0.05, 0) is 36.4 Å². The number of benzene rings is 1. The van der Waals surface area contributed by atoms with Crippen molar-refractivity contribution in [2.45, 2.75) is 26.4 Å². The third-order valence-corrected chi connectivity index (χ3v) is 4.47. The van der Waals surface area contributed by atoms with E-state index < -0.39 is 0 Å². The highest BCUT2D eigenvalue weighted by Gasteiger charge is 2.17. The van der Waals surface area contributed by atoms with Crippen LogP contribution in [0.4, 0.5) is 5.69 Å². The number of rotatable bonds is 4. The molecule has 0 aliphatic carbocycles. The van der Waals surface area contributed by atoms with Gasteiger partial charge < -0.3 is 10.6 Å². The predicted molar refractivity (Wildman–Crippen MR) is 80.2 cm³/mol. The average Bonchev–Trinajstić information content (AvgIpc) is 2.90. The Bertz CT molecular complexity index is 505. The summed E-state index contributed by atoms with van der Waals surface area (Å²) in [4.78, 5) is 3.70. The van der Waals surface area contributed by atoms with E-state index in [0.717, 1.165) is 0 Å². The first-order valence-electron chi connectivity index (χ1n) is 6.20. The van der Waals surface area contributed by atoms with E-state index in [-0.39, 0.29) is 0 Å². The lowest BCUT2D eigenvalue weighted by Crippen LogP contribution is -2.23. The molecule has 0 aliphatic heterocycles. The van der Waals surface area contributed by atoms with Crippen LogP contribution in [0.2, 0.25) is 0 Å². The molecule has 2 rings (SSSR count). The van der Waals surface area contributed by atoms with Crippen molar-refractivity contribution < 1.29 is 0 Å². The van der Waals surface area contributed by atoms with Gasteiger partial charge in [-0.1, -0.05) is 24.3 Å². The molecule has 96 valence electrons. The van der Waals surface area contributed by atoms with Crippen molar-refractivity contribution in [2.75, 3.05) is 11.9 Å². The summed E-state index contributed by atoms with van der Waals surface area (Å²) in [6, 6.07) is 11.0. The summed E-state index contributed by atoms with van der Waals surface area (Å²) in [7, 11) is 2.14. The lowest BCUT2D eigenvalue weighted by Gasteiger charge is -2.29. The lowest BCUT2D eigenvalue weighted by molar-refractivity contribution is 0.746. The van der Waals surface area contributed by atoms with Gasteiger partial charge in [0.05, 0.1) is 6.04 Å². The number of hydrogen-bond donors (Lipinski definition) is 1. The fourth-order valence-corrected chi connectivity index (χ4v) is 3.13. The van der Waals surface area contributed by atoms with Gasteiger partial charge in [0.2, 0.25) is 0 Å². The highest BCUT2D eigenvalue weighted by Crippen LogP contribution is 2.32. The largest absolute Gasteiger partial charge is 0.367 e. The zero-order valence-corrected chi connectivity index (χ0v) is 12.0. The second kappa shape index (κ2) is 5.55. The summed E-state index contributed by atoms with van der Waals surface area (Å²) < 4.78 is 0. The van der Waals surface area contributed by atoms with E-state index in [9.17, 15) is 0 Å². The number of nitrogens with zero attached hydrogens (tertiary/aromatic N) is 1. The van der Waals surface area contributed by atoms with Crippen LogP contribution in [0, 0.1) is 6.92 Å². The number of para-hydroxylation sites is 1. The molecule has 0 spiro atoms. The topological polar surface area (TPSA) is 29.3 Å². The molecular formula is C15H20N2S. The Hall–Kier alpha value is -1.32. The molecule has 1 unspecified atom stereocenters. The molecule has 3 heteroatoms. The number of hydrogen-bond acceptors (Lipinski definition) is 3. The third-order valence-electron chi connectivity index (χ3n) is 3.43. The molecule has 1 atom stereocenters. The van der Waals surface area contributed by atoms with E-state index in [4.69, 9.17) is 5.73 Å². The minimum absolute atomic E-state index is 0.372. The van der Waals surface area contributed by atoms with E-state index in [1.54, 1.807) is 11.3 Å². The Labute approximate surface area is 113 Å². The predicted octanol–water partition coefficient (Wildman–Crippen LogP) is 3.71. The zero-order valence-electron chi connectivity index (χ0n) is 11.2. The number of aryl methyl sites for hydroxylation is 1. The van der Waals surface area contributed by atoms with Crippen LogP contribution in [-0.4, -0.2) is 7.05 Å². The summed E-state index contributed by atoms with van der Waals surface area (Å²) >= 11 is 1.80. The maximum atomic E-state index is 5.85. The van der Waals surface area contributed by atoms with Crippen LogP contribution in [0.3, 0.4) is 0 Å². The van der Waals surface area contributed by atoms with Crippen molar-refractivity contribution in [2.24, 2.45) is 5.73 Å². The fraction of sp³-hybridized carbons (Fsp3) is 0.333. The second-order valence-corrected chi connectivity index (χ2v) is 5.57. The summed E-state index contributed by atoms with van der Waals surface area (Å²) in [6.07, 6.45) is 0. The Morgan fingerprint density at radius 2 is 2.06 bits per heavy atom. The van der Waals surface area contributed by atoms with Gasteiger partial charge in [-0.3, -0.25) is 0 Å². The van der Waals surface area contributed by atoms with Gasteiger partial charge in [-0.2, -0.15) is 0 Å². The summed E-state index contributed by atoms with van der Waals surface area (Å²) in [5.74, 6) is 0. The smallest absolute Gasteiger partial charge is 0.0603 e. The molecule has 1 aromatic carbocycles. The monoisotopic (exact) mass is 260 g/mol. The molecule has 1 aromatic heterocycles. The Kier molecular flexibility index (Phi) is 4.04. The normalized spacial score (nSPS) is 12.4. The van der Waals surface area contributed by atoms with Gasteiger partial charge in [-0.25, -0.2) is 0 Å². The SMILES string of the molecule is Cc1cccc(CN)c1N(C)C(C)c1cccs1. The quantitative estimate of drug-likeness (QED) is 0.908. The van der Waals surface area contributed by atoms with Gasteiger partial charge in [0.25, 0.3) is 0 Å². The molecule has 2 aromatic rings. The van der Waals surface area contributed by atoms with Gasteiger partial charge in [-0.15, -0.1) is 11.3 Å². The Morgan fingerprint density at radius 3 is 2.67 bits per heavy atom. The number of thiophene rings is 1. The van der Waals surface area contributed by atoms with Crippen molar-refractivity contribution >= 4 is 17.0 Å². The lowest BCUT2D eigenvalue weighted by atomic mass is 10.1. The molecule has 0 fully saturated rings. The van der Waals surface area contributed by atoms with Gasteiger partial charge in [0, 0.05) is 24.2 Å². The highest BCUT2D eigenvalue weighted by atomic mass is 32.1. The maximum Gasteiger partial charge on any atom is 0.0603 e. The van der Waals surface area contributed by atoms with Crippen molar-refractivity contribution in [1.29, 1.82) is 0 Å². The van der Waals surface area contributed by atoms with E-state index >= 15 is 0 Å². The van der Waals surface area contributed by atoms with Crippen molar-refractivity contribution in [3.05, 3.63) is 51.7 Å². The third kappa shape index (κ3) is 2.42. The van der Waals surface area contributed by atoms with Crippen LogP contribution < -0.4 is 10.6 Å². The van der Waals surface area contributed by atoms with E-state index in [0.29, 0.717) is 12.6 Å². The first-order valence-corrected chi connectivity index (χ1v) is 7.08. The van der Waals surface area contributed by atoms with Crippen LogP contribution in [0.25, 0.3) is 0 Å². The Balaban J connectivity index is 2.36. The molecule has 2 N–H and O–H groups in total. The average molecular weight is 260 g/mol. The first kappa shape index (κ1) is 13.1. The molecule has 0 amide bonds. The second-order valence-electron chi connectivity index (χ2n) is 4.59. The van der Waals surface area contributed by atoms with E-state index in [2.05, 4.69) is 61.5 Å². The van der Waals surface area contributed by atoms with Crippen LogP contribution >= 0.6 is 11.3 Å². The van der Waals surface area contributed by atoms with Crippen molar-refractivity contribution in [3.63, 3.8) is 0 Å². The molecular weight excluding hydrogens is 240 g/mol. The van der Waals surface area contributed by atoms with E-state index in [1.165, 1.54) is 21.7 Å².